The first-order valence-electron chi connectivity index (χ1n) is 4.98. The fraction of sp³-hybridized carbons (Fsp3) is 0.364. The quantitative estimate of drug-likeness (QED) is 0.576. The van der Waals surface area contributed by atoms with Gasteiger partial charge in [-0.25, -0.2) is 0 Å². The van der Waals surface area contributed by atoms with Crippen molar-refractivity contribution in [3.63, 3.8) is 0 Å². The molecule has 0 atom stereocenters. The molecular weight excluding hydrogens is 192 g/mol. The zero-order valence-corrected chi connectivity index (χ0v) is 8.41. The predicted molar refractivity (Wildman–Crippen MR) is 54.5 cm³/mol. The van der Waals surface area contributed by atoms with Gasteiger partial charge < -0.3 is 4.57 Å². The van der Waals surface area contributed by atoms with Crippen molar-refractivity contribution in [2.45, 2.75) is 12.8 Å². The first kappa shape index (κ1) is 8.59. The van der Waals surface area contributed by atoms with Crippen molar-refractivity contribution in [1.82, 2.24) is 4.57 Å². The van der Waals surface area contributed by atoms with E-state index < -0.39 is 0 Å². The van der Waals surface area contributed by atoms with Crippen molar-refractivity contribution in [1.29, 1.82) is 0 Å². The maximum atomic E-state index is 11.7. The predicted octanol–water partition coefficient (Wildman–Crippen LogP) is 0.526. The lowest BCUT2D eigenvalue weighted by atomic mass is 9.88. The average molecular weight is 202 g/mol. The Morgan fingerprint density at radius 3 is 3.00 bits per heavy atom. The number of nitrogens with zero attached hydrogens (tertiary/aromatic N) is 2. The molecule has 4 heteroatoms. The van der Waals surface area contributed by atoms with E-state index in [0.717, 1.165) is 29.8 Å². The van der Waals surface area contributed by atoms with Gasteiger partial charge in [0.2, 0.25) is 11.6 Å². The van der Waals surface area contributed by atoms with Crippen LogP contribution in [0.15, 0.2) is 11.2 Å². The summed E-state index contributed by atoms with van der Waals surface area (Å²) in [4.78, 5) is 27.5. The maximum absolute atomic E-state index is 11.7. The van der Waals surface area contributed by atoms with Crippen molar-refractivity contribution >= 4 is 17.3 Å². The summed E-state index contributed by atoms with van der Waals surface area (Å²) in [6.07, 6.45) is 2.99. The zero-order valence-electron chi connectivity index (χ0n) is 8.41. The van der Waals surface area contributed by atoms with Gasteiger partial charge in [0, 0.05) is 25.4 Å². The van der Waals surface area contributed by atoms with E-state index in [2.05, 4.69) is 4.99 Å². The molecule has 1 aromatic heterocycles. The summed E-state index contributed by atoms with van der Waals surface area (Å²) in [6.45, 7) is 0.729. The molecule has 0 spiro atoms. The molecule has 0 unspecified atom stereocenters. The van der Waals surface area contributed by atoms with Crippen molar-refractivity contribution in [2.75, 3.05) is 6.54 Å². The Morgan fingerprint density at radius 1 is 1.40 bits per heavy atom. The van der Waals surface area contributed by atoms with Gasteiger partial charge in [-0.05, 0) is 12.0 Å². The summed E-state index contributed by atoms with van der Waals surface area (Å²) in [5.74, 6) is -0.699. The minimum atomic E-state index is -0.361. The van der Waals surface area contributed by atoms with Crippen LogP contribution >= 0.6 is 0 Å². The second-order valence-electron chi connectivity index (χ2n) is 4.00. The number of rotatable bonds is 0. The summed E-state index contributed by atoms with van der Waals surface area (Å²) in [6, 6.07) is 0. The molecule has 76 valence electrons. The third kappa shape index (κ3) is 0.988. The molecule has 0 saturated heterocycles. The van der Waals surface area contributed by atoms with E-state index in [4.69, 9.17) is 0 Å². The molecule has 0 amide bonds. The number of carbonyl (C=O) groups excluding carboxylic acids is 2. The molecule has 2 heterocycles. The third-order valence-electron chi connectivity index (χ3n) is 3.03. The van der Waals surface area contributed by atoms with E-state index in [0.29, 0.717) is 5.69 Å². The van der Waals surface area contributed by atoms with Crippen molar-refractivity contribution in [2.24, 2.45) is 12.0 Å². The van der Waals surface area contributed by atoms with E-state index in [1.54, 1.807) is 4.57 Å². The topological polar surface area (TPSA) is 51.4 Å². The molecule has 0 radical (unpaired) electrons. The van der Waals surface area contributed by atoms with Gasteiger partial charge in [0.1, 0.15) is 5.69 Å². The normalized spacial score (nSPS) is 18.9. The van der Waals surface area contributed by atoms with Crippen LogP contribution in [-0.2, 0) is 18.3 Å². The van der Waals surface area contributed by atoms with Gasteiger partial charge >= 0.3 is 0 Å². The molecule has 4 nitrogen and oxygen atoms in total. The molecule has 0 saturated carbocycles. The Hall–Kier alpha value is -1.71. The summed E-state index contributed by atoms with van der Waals surface area (Å²) < 4.78 is 1.75. The highest BCUT2D eigenvalue weighted by atomic mass is 16.2. The fourth-order valence-electron chi connectivity index (χ4n) is 2.38. The molecular formula is C11H10N2O2. The highest BCUT2D eigenvalue weighted by Gasteiger charge is 2.35. The van der Waals surface area contributed by atoms with Crippen LogP contribution in [0.25, 0.3) is 0 Å². The summed E-state index contributed by atoms with van der Waals surface area (Å²) in [5.41, 5.74) is 3.41. The lowest BCUT2D eigenvalue weighted by Crippen LogP contribution is -2.30. The average Bonchev–Trinajstić information content (AvgIpc) is 2.53. The Kier molecular flexibility index (Phi) is 1.52. The molecule has 0 bridgehead atoms. The number of ketones is 2. The largest absolute Gasteiger partial charge is 0.347 e. The van der Waals surface area contributed by atoms with Gasteiger partial charge in [-0.3, -0.25) is 14.6 Å². The Bertz CT molecular complexity index is 523. The first-order valence-corrected chi connectivity index (χ1v) is 4.98. The zero-order chi connectivity index (χ0) is 10.6. The van der Waals surface area contributed by atoms with Crippen LogP contribution in [0, 0.1) is 0 Å². The highest BCUT2D eigenvalue weighted by molar-refractivity contribution is 6.51. The lowest BCUT2D eigenvalue weighted by Gasteiger charge is -2.18. The van der Waals surface area contributed by atoms with Gasteiger partial charge in [-0.15, -0.1) is 0 Å². The molecule has 0 N–H and O–H groups in total. The van der Waals surface area contributed by atoms with E-state index >= 15 is 0 Å². The summed E-state index contributed by atoms with van der Waals surface area (Å²) in [7, 11) is 1.81. The van der Waals surface area contributed by atoms with Crippen molar-refractivity contribution in [3.05, 3.63) is 23.0 Å². The molecule has 1 aliphatic carbocycles. The molecule has 3 rings (SSSR count). The third-order valence-corrected chi connectivity index (χ3v) is 3.03. The highest BCUT2D eigenvalue weighted by Crippen LogP contribution is 2.27. The van der Waals surface area contributed by atoms with Crippen molar-refractivity contribution < 1.29 is 9.59 Å². The number of hydrogen-bond acceptors (Lipinski definition) is 3. The Balaban J connectivity index is 2.36. The van der Waals surface area contributed by atoms with Crippen LogP contribution in [0.2, 0.25) is 0 Å². The van der Waals surface area contributed by atoms with Gasteiger partial charge in [0.15, 0.2) is 0 Å². The summed E-state index contributed by atoms with van der Waals surface area (Å²) in [5, 5.41) is 0. The Labute approximate surface area is 86.6 Å². The minimum absolute atomic E-state index is 0.183. The van der Waals surface area contributed by atoms with E-state index in [9.17, 15) is 9.59 Å². The minimum Gasteiger partial charge on any atom is -0.347 e. The standard InChI is InChI=1S/C11H10N2O2/c1-13-5-6-2-3-12-7-4-8(14)11(15)10(13)9(6)7/h5H,2-4H2,1H3. The smallest absolute Gasteiger partial charge is 0.245 e. The monoisotopic (exact) mass is 202 g/mol. The van der Waals surface area contributed by atoms with Gasteiger partial charge in [-0.1, -0.05) is 0 Å². The first-order chi connectivity index (χ1) is 7.18. The van der Waals surface area contributed by atoms with E-state index in [1.165, 1.54) is 0 Å². The number of carbonyl (C=O) groups is 2. The van der Waals surface area contributed by atoms with E-state index in [-0.39, 0.29) is 18.0 Å². The number of Topliss-reactive ketones (excluding diaryl/α,β-unsaturated/α-hetero) is 2. The molecule has 2 aliphatic rings. The lowest BCUT2D eigenvalue weighted by molar-refractivity contribution is -0.114. The van der Waals surface area contributed by atoms with Crippen LogP contribution in [0.1, 0.15) is 28.0 Å². The van der Waals surface area contributed by atoms with Crippen LogP contribution < -0.4 is 0 Å². The SMILES string of the molecule is Cn1cc2c3c1C(=O)C(=O)CC3=NCC2. The molecule has 0 aromatic carbocycles. The fourth-order valence-corrected chi connectivity index (χ4v) is 2.38. The van der Waals surface area contributed by atoms with Crippen LogP contribution in [0.5, 0.6) is 0 Å². The van der Waals surface area contributed by atoms with Crippen LogP contribution in [0.3, 0.4) is 0 Å². The summed E-state index contributed by atoms with van der Waals surface area (Å²) >= 11 is 0. The molecule has 1 aromatic rings. The van der Waals surface area contributed by atoms with Crippen LogP contribution in [-0.4, -0.2) is 28.4 Å². The molecule has 1 aliphatic heterocycles. The maximum Gasteiger partial charge on any atom is 0.245 e. The van der Waals surface area contributed by atoms with Gasteiger partial charge in [-0.2, -0.15) is 0 Å². The van der Waals surface area contributed by atoms with Gasteiger partial charge in [0.05, 0.1) is 12.1 Å². The second kappa shape index (κ2) is 2.66. The van der Waals surface area contributed by atoms with Crippen LogP contribution in [0.4, 0.5) is 0 Å². The van der Waals surface area contributed by atoms with Crippen molar-refractivity contribution in [3.8, 4) is 0 Å². The Morgan fingerprint density at radius 2 is 2.20 bits per heavy atom. The number of aryl methyl sites for hydroxylation is 1. The number of hydrogen-bond donors (Lipinski definition) is 0. The molecule has 15 heavy (non-hydrogen) atoms. The van der Waals surface area contributed by atoms with Gasteiger partial charge in [0.25, 0.3) is 0 Å². The number of aromatic nitrogens is 1. The van der Waals surface area contributed by atoms with E-state index in [1.807, 2.05) is 13.2 Å². The second-order valence-corrected chi connectivity index (χ2v) is 4.00. The number of aliphatic imine (C=N–C) groups is 1. The molecule has 0 fully saturated rings.